The van der Waals surface area contributed by atoms with Gasteiger partial charge in [-0.3, -0.25) is 0 Å². The van der Waals surface area contributed by atoms with Crippen molar-refractivity contribution in [3.8, 4) is 33.4 Å². The summed E-state index contributed by atoms with van der Waals surface area (Å²) < 4.78 is 1.07. The van der Waals surface area contributed by atoms with Crippen LogP contribution < -0.4 is 0 Å². The second-order valence-electron chi connectivity index (χ2n) is 8.77. The predicted octanol–water partition coefficient (Wildman–Crippen LogP) is 9.11. The van der Waals surface area contributed by atoms with E-state index < -0.39 is 5.41 Å². The molecule has 0 aromatic heterocycles. The fraction of sp³-hybridized carbons (Fsp3) is 0.0323. The van der Waals surface area contributed by atoms with Gasteiger partial charge in [-0.1, -0.05) is 112 Å². The first kappa shape index (κ1) is 19.3. The van der Waals surface area contributed by atoms with Crippen molar-refractivity contribution in [3.63, 3.8) is 0 Å². The Morgan fingerprint density at radius 3 is 1.58 bits per heavy atom. The number of rotatable bonds is 0. The molecule has 0 saturated heterocycles. The quantitative estimate of drug-likeness (QED) is 0.193. The van der Waals surface area contributed by atoms with Crippen molar-refractivity contribution >= 4 is 27.5 Å². The van der Waals surface area contributed by atoms with Crippen LogP contribution in [-0.4, -0.2) is 0 Å². The molecule has 0 radical (unpaired) electrons. The lowest BCUT2D eigenvalue weighted by Crippen LogP contribution is -2.29. The number of benzene rings is 5. The summed E-state index contributed by atoms with van der Waals surface area (Å²) in [6.45, 7) is 0. The first-order valence-corrected chi connectivity index (χ1v) is 12.3. The first-order chi connectivity index (χ1) is 16.2. The smallest absolute Gasteiger partial charge is 0.0726 e. The fourth-order valence-corrected chi connectivity index (χ4v) is 6.57. The molecule has 0 amide bonds. The molecule has 1 unspecified atom stereocenters. The van der Waals surface area contributed by atoms with Crippen molar-refractivity contribution in [3.05, 3.63) is 141 Å². The summed E-state index contributed by atoms with van der Waals surface area (Å²) in [6, 6.07) is 39.6. The Labute approximate surface area is 206 Å². The molecular formula is C31H18BrCl. The van der Waals surface area contributed by atoms with E-state index in [1.807, 2.05) is 6.07 Å². The topological polar surface area (TPSA) is 0 Å². The molecule has 0 aliphatic heterocycles. The second kappa shape index (κ2) is 6.93. The van der Waals surface area contributed by atoms with Crippen LogP contribution in [0.1, 0.15) is 22.3 Å². The van der Waals surface area contributed by atoms with Crippen molar-refractivity contribution in [2.75, 3.05) is 0 Å². The van der Waals surface area contributed by atoms with Gasteiger partial charge >= 0.3 is 0 Å². The molecule has 5 aromatic rings. The van der Waals surface area contributed by atoms with Crippen LogP contribution >= 0.6 is 27.5 Å². The van der Waals surface area contributed by atoms with Gasteiger partial charge in [-0.2, -0.15) is 0 Å². The van der Waals surface area contributed by atoms with E-state index in [0.29, 0.717) is 0 Å². The normalized spacial score (nSPS) is 16.9. The Hall–Kier alpha value is -3.13. The molecule has 2 aliphatic rings. The molecule has 0 bridgehead atoms. The molecule has 0 nitrogen and oxygen atoms in total. The van der Waals surface area contributed by atoms with Crippen LogP contribution in [-0.2, 0) is 5.41 Å². The van der Waals surface area contributed by atoms with Crippen LogP contribution in [0.4, 0.5) is 0 Å². The van der Waals surface area contributed by atoms with E-state index in [4.69, 9.17) is 11.6 Å². The van der Waals surface area contributed by atoms with E-state index in [1.54, 1.807) is 0 Å². The average Bonchev–Trinajstić information content (AvgIpc) is 3.08. The van der Waals surface area contributed by atoms with Gasteiger partial charge in [0.1, 0.15) is 0 Å². The lowest BCUT2D eigenvalue weighted by molar-refractivity contribution is 0.775. The molecule has 156 valence electrons. The van der Waals surface area contributed by atoms with Crippen LogP contribution in [0, 0.1) is 0 Å². The van der Waals surface area contributed by atoms with Gasteiger partial charge < -0.3 is 0 Å². The van der Waals surface area contributed by atoms with E-state index in [2.05, 4.69) is 119 Å². The zero-order valence-electron chi connectivity index (χ0n) is 17.6. The molecule has 2 heteroatoms. The SMILES string of the molecule is Clc1ccc2c(c1)C1(c3ccccc3-c3ccccc3-c3ccc(Br)cc31)c1ccccc1-2. The molecule has 0 N–H and O–H groups in total. The highest BCUT2D eigenvalue weighted by Crippen LogP contribution is 2.61. The summed E-state index contributed by atoms with van der Waals surface area (Å²) in [4.78, 5) is 0. The lowest BCUT2D eigenvalue weighted by atomic mass is 9.66. The number of halogens is 2. The third-order valence-corrected chi connectivity index (χ3v) is 7.96. The minimum Gasteiger partial charge on any atom is -0.0843 e. The highest BCUT2D eigenvalue weighted by molar-refractivity contribution is 9.10. The highest BCUT2D eigenvalue weighted by atomic mass is 79.9. The first-order valence-electron chi connectivity index (χ1n) is 11.1. The standard InChI is InChI=1S/C31H18BrCl/c32-19-13-15-25-22-8-2-1-7-21(22)23-9-3-5-11-27(23)31(29(25)17-19)28-12-6-4-10-24(28)26-16-14-20(33)18-30(26)31/h1-18H. The average molecular weight is 506 g/mol. The summed E-state index contributed by atoms with van der Waals surface area (Å²) in [7, 11) is 0. The monoisotopic (exact) mass is 504 g/mol. The summed E-state index contributed by atoms with van der Waals surface area (Å²) in [5, 5.41) is 0.761. The predicted molar refractivity (Wildman–Crippen MR) is 141 cm³/mol. The molecule has 2 aliphatic carbocycles. The minimum absolute atomic E-state index is 0.467. The van der Waals surface area contributed by atoms with E-state index >= 15 is 0 Å². The van der Waals surface area contributed by atoms with Crippen LogP contribution in [0.3, 0.4) is 0 Å². The third kappa shape index (κ3) is 2.47. The van der Waals surface area contributed by atoms with Gasteiger partial charge in [-0.25, -0.2) is 0 Å². The molecule has 0 heterocycles. The van der Waals surface area contributed by atoms with Gasteiger partial charge in [-0.15, -0.1) is 0 Å². The van der Waals surface area contributed by atoms with Crippen LogP contribution in [0.25, 0.3) is 33.4 Å². The summed E-state index contributed by atoms with van der Waals surface area (Å²) in [5.74, 6) is 0. The number of hydrogen-bond acceptors (Lipinski definition) is 0. The van der Waals surface area contributed by atoms with Crippen molar-refractivity contribution in [1.82, 2.24) is 0 Å². The molecule has 1 spiro atoms. The van der Waals surface area contributed by atoms with Gasteiger partial charge in [0, 0.05) is 9.50 Å². The Bertz CT molecular complexity index is 1600. The van der Waals surface area contributed by atoms with Crippen LogP contribution in [0.5, 0.6) is 0 Å². The summed E-state index contributed by atoms with van der Waals surface area (Å²) in [5.41, 5.74) is 12.2. The number of hydrogen-bond donors (Lipinski definition) is 0. The highest BCUT2D eigenvalue weighted by Gasteiger charge is 2.49. The third-order valence-electron chi connectivity index (χ3n) is 7.23. The molecule has 33 heavy (non-hydrogen) atoms. The van der Waals surface area contributed by atoms with E-state index in [-0.39, 0.29) is 0 Å². The zero-order valence-corrected chi connectivity index (χ0v) is 20.0. The number of fused-ring (bicyclic) bond motifs is 12. The van der Waals surface area contributed by atoms with Gasteiger partial charge in [0.05, 0.1) is 5.41 Å². The molecule has 1 atom stereocenters. The maximum atomic E-state index is 6.67. The Morgan fingerprint density at radius 2 is 0.909 bits per heavy atom. The summed E-state index contributed by atoms with van der Waals surface area (Å²) in [6.07, 6.45) is 0. The van der Waals surface area contributed by atoms with E-state index in [0.717, 1.165) is 9.50 Å². The molecule has 7 rings (SSSR count). The zero-order chi connectivity index (χ0) is 22.2. The van der Waals surface area contributed by atoms with Crippen molar-refractivity contribution in [1.29, 1.82) is 0 Å². The van der Waals surface area contributed by atoms with Crippen LogP contribution in [0.2, 0.25) is 5.02 Å². The lowest BCUT2D eigenvalue weighted by Gasteiger charge is -2.35. The molecule has 0 fully saturated rings. The maximum Gasteiger partial charge on any atom is 0.0726 e. The van der Waals surface area contributed by atoms with Gasteiger partial charge in [0.2, 0.25) is 0 Å². The van der Waals surface area contributed by atoms with Gasteiger partial charge in [0.25, 0.3) is 0 Å². The van der Waals surface area contributed by atoms with Crippen molar-refractivity contribution in [2.24, 2.45) is 0 Å². The Kier molecular flexibility index (Phi) is 4.07. The van der Waals surface area contributed by atoms with E-state index in [9.17, 15) is 0 Å². The fourth-order valence-electron chi connectivity index (χ4n) is 6.04. The minimum atomic E-state index is -0.467. The van der Waals surface area contributed by atoms with Gasteiger partial charge in [-0.05, 0) is 79.9 Å². The Morgan fingerprint density at radius 1 is 0.455 bits per heavy atom. The van der Waals surface area contributed by atoms with Crippen molar-refractivity contribution < 1.29 is 0 Å². The molecular weight excluding hydrogens is 488 g/mol. The van der Waals surface area contributed by atoms with E-state index in [1.165, 1.54) is 55.6 Å². The Balaban J connectivity index is 1.79. The summed E-state index contributed by atoms with van der Waals surface area (Å²) >= 11 is 10.5. The second-order valence-corrected chi connectivity index (χ2v) is 10.1. The van der Waals surface area contributed by atoms with Crippen LogP contribution in [0.15, 0.2) is 114 Å². The molecule has 0 saturated carbocycles. The molecule has 5 aromatic carbocycles. The van der Waals surface area contributed by atoms with Gasteiger partial charge in [0.15, 0.2) is 0 Å². The van der Waals surface area contributed by atoms with Crippen molar-refractivity contribution in [2.45, 2.75) is 5.41 Å². The largest absolute Gasteiger partial charge is 0.0843 e. The maximum absolute atomic E-state index is 6.67.